The Bertz CT molecular complexity index is 1540. The van der Waals surface area contributed by atoms with Crippen LogP contribution in [0.4, 0.5) is 0 Å². The molecule has 2 unspecified atom stereocenters. The number of phosphoric acid groups is 1. The molecule has 0 aromatic heterocycles. The number of ether oxygens (including phenoxy) is 2. The van der Waals surface area contributed by atoms with Crippen LogP contribution < -0.4 is 5.73 Å². The van der Waals surface area contributed by atoms with Crippen molar-refractivity contribution in [1.82, 2.24) is 0 Å². The standard InChI is InChI=1S/C73H136NO8P/c1-3-5-7-9-11-13-15-17-19-21-23-25-27-29-31-33-34-35-36-38-40-42-44-46-48-50-52-54-56-58-60-62-64-66-73(76)82-71(70-81-83(77,78)80-68-67-74)69-79-72(75)65-63-61-59-57-55-53-51-49-47-45-43-41-39-37-32-30-28-26-24-22-20-18-16-14-12-10-8-6-4-2/h15-18,21-24,27,29,71H,3-14,19-20,25-26,28,30-70,74H2,1-2H3,(H,77,78)/b17-15-,18-16-,23-21-,24-22-,29-27-. The summed E-state index contributed by atoms with van der Waals surface area (Å²) >= 11 is 0. The molecule has 0 amide bonds. The monoisotopic (exact) mass is 1190 g/mol. The summed E-state index contributed by atoms with van der Waals surface area (Å²) in [6, 6.07) is 0. The van der Waals surface area contributed by atoms with Gasteiger partial charge in [0.15, 0.2) is 6.10 Å². The minimum Gasteiger partial charge on any atom is -0.462 e. The van der Waals surface area contributed by atoms with Crippen LogP contribution in [0.5, 0.6) is 0 Å². The van der Waals surface area contributed by atoms with Crippen LogP contribution in [0.2, 0.25) is 0 Å². The predicted molar refractivity (Wildman–Crippen MR) is 358 cm³/mol. The van der Waals surface area contributed by atoms with Crippen LogP contribution in [-0.4, -0.2) is 49.3 Å². The van der Waals surface area contributed by atoms with Crippen molar-refractivity contribution in [1.29, 1.82) is 0 Å². The first-order valence-corrected chi connectivity index (χ1v) is 37.3. The Hall–Kier alpha value is -2.29. The van der Waals surface area contributed by atoms with Gasteiger partial charge in [0.2, 0.25) is 0 Å². The number of carbonyl (C=O) groups excluding carboxylic acids is 2. The fourth-order valence-electron chi connectivity index (χ4n) is 10.6. The summed E-state index contributed by atoms with van der Waals surface area (Å²) in [4.78, 5) is 35.4. The normalized spacial score (nSPS) is 13.3. The molecule has 486 valence electrons. The number of unbranched alkanes of at least 4 members (excludes halogenated alkanes) is 45. The van der Waals surface area contributed by atoms with Crippen LogP contribution >= 0.6 is 7.82 Å². The molecular weight excluding hydrogens is 1050 g/mol. The van der Waals surface area contributed by atoms with Crippen molar-refractivity contribution in [3.8, 4) is 0 Å². The van der Waals surface area contributed by atoms with Gasteiger partial charge in [-0.3, -0.25) is 18.6 Å². The molecule has 10 heteroatoms. The molecule has 0 saturated carbocycles. The van der Waals surface area contributed by atoms with Crippen molar-refractivity contribution < 1.29 is 37.6 Å². The quantitative estimate of drug-likeness (QED) is 0.0264. The second-order valence-electron chi connectivity index (χ2n) is 24.1. The summed E-state index contributed by atoms with van der Waals surface area (Å²) in [5.41, 5.74) is 5.40. The van der Waals surface area contributed by atoms with Crippen LogP contribution in [-0.2, 0) is 32.7 Å². The van der Waals surface area contributed by atoms with E-state index in [4.69, 9.17) is 24.3 Å². The van der Waals surface area contributed by atoms with Gasteiger partial charge >= 0.3 is 19.8 Å². The Labute approximate surface area is 514 Å². The summed E-state index contributed by atoms with van der Waals surface area (Å²) < 4.78 is 33.2. The van der Waals surface area contributed by atoms with E-state index in [1.54, 1.807) is 0 Å². The van der Waals surface area contributed by atoms with Gasteiger partial charge in [0, 0.05) is 19.4 Å². The maximum absolute atomic E-state index is 12.8. The largest absolute Gasteiger partial charge is 0.472 e. The number of nitrogens with two attached hydrogens (primary N) is 1. The van der Waals surface area contributed by atoms with E-state index in [1.807, 2.05) is 0 Å². The molecule has 9 nitrogen and oxygen atoms in total. The van der Waals surface area contributed by atoms with Gasteiger partial charge in [0.05, 0.1) is 13.2 Å². The van der Waals surface area contributed by atoms with Crippen LogP contribution in [0, 0.1) is 0 Å². The molecule has 0 aromatic carbocycles. The Morgan fingerprint density at radius 2 is 0.627 bits per heavy atom. The third-order valence-electron chi connectivity index (χ3n) is 15.9. The summed E-state index contributed by atoms with van der Waals surface area (Å²) in [5.74, 6) is -0.810. The molecule has 2 atom stereocenters. The molecule has 0 saturated heterocycles. The molecule has 0 aliphatic carbocycles. The van der Waals surface area contributed by atoms with Gasteiger partial charge in [-0.15, -0.1) is 0 Å². The lowest BCUT2D eigenvalue weighted by Crippen LogP contribution is -2.29. The smallest absolute Gasteiger partial charge is 0.462 e. The van der Waals surface area contributed by atoms with E-state index < -0.39 is 26.5 Å². The van der Waals surface area contributed by atoms with Crippen molar-refractivity contribution >= 4 is 19.8 Å². The average Bonchev–Trinajstić information content (AvgIpc) is 3.49. The number of carbonyl (C=O) groups is 2. The topological polar surface area (TPSA) is 134 Å². The minimum absolute atomic E-state index is 0.0542. The molecule has 3 N–H and O–H groups in total. The van der Waals surface area contributed by atoms with E-state index in [1.165, 1.54) is 276 Å². The minimum atomic E-state index is -4.39. The second kappa shape index (κ2) is 68.8. The number of phosphoric ester groups is 1. The lowest BCUT2D eigenvalue weighted by Gasteiger charge is -2.19. The number of hydrogen-bond donors (Lipinski definition) is 2. The Morgan fingerprint density at radius 3 is 0.928 bits per heavy atom. The molecule has 0 radical (unpaired) electrons. The van der Waals surface area contributed by atoms with Gasteiger partial charge < -0.3 is 20.1 Å². The van der Waals surface area contributed by atoms with Crippen LogP contribution in [0.25, 0.3) is 0 Å². The van der Waals surface area contributed by atoms with E-state index in [-0.39, 0.29) is 38.6 Å². The second-order valence-corrected chi connectivity index (χ2v) is 25.6. The highest BCUT2D eigenvalue weighted by atomic mass is 31.2. The summed E-state index contributed by atoms with van der Waals surface area (Å²) in [6.45, 7) is 3.78. The highest BCUT2D eigenvalue weighted by molar-refractivity contribution is 7.47. The lowest BCUT2D eigenvalue weighted by molar-refractivity contribution is -0.161. The van der Waals surface area contributed by atoms with E-state index >= 15 is 0 Å². The number of rotatable bonds is 68. The number of hydrogen-bond acceptors (Lipinski definition) is 8. The zero-order valence-electron chi connectivity index (χ0n) is 54.7. The molecule has 0 aliphatic heterocycles. The highest BCUT2D eigenvalue weighted by Crippen LogP contribution is 2.43. The van der Waals surface area contributed by atoms with Gasteiger partial charge in [-0.05, 0) is 83.5 Å². The molecule has 83 heavy (non-hydrogen) atoms. The fourth-order valence-corrected chi connectivity index (χ4v) is 11.3. The number of esters is 2. The van der Waals surface area contributed by atoms with E-state index in [2.05, 4.69) is 74.6 Å². The molecule has 0 spiro atoms. The lowest BCUT2D eigenvalue weighted by atomic mass is 10.0. The van der Waals surface area contributed by atoms with Crippen molar-refractivity contribution in [3.05, 3.63) is 60.8 Å². The van der Waals surface area contributed by atoms with Gasteiger partial charge in [-0.2, -0.15) is 0 Å². The van der Waals surface area contributed by atoms with Crippen molar-refractivity contribution in [3.63, 3.8) is 0 Å². The summed E-state index contributed by atoms with van der Waals surface area (Å²) in [5, 5.41) is 0. The van der Waals surface area contributed by atoms with Crippen molar-refractivity contribution in [2.45, 2.75) is 367 Å². The third kappa shape index (κ3) is 68.7. The molecule has 0 aliphatic rings. The Kier molecular flexibility index (Phi) is 66.9. The van der Waals surface area contributed by atoms with Gasteiger partial charge in [-0.25, -0.2) is 4.57 Å². The van der Waals surface area contributed by atoms with Crippen LogP contribution in [0.1, 0.15) is 361 Å². The van der Waals surface area contributed by atoms with E-state index in [0.717, 1.165) is 51.4 Å². The maximum Gasteiger partial charge on any atom is 0.472 e. The maximum atomic E-state index is 12.8. The molecule has 0 heterocycles. The van der Waals surface area contributed by atoms with E-state index in [0.29, 0.717) is 6.42 Å². The first kappa shape index (κ1) is 80.7. The Balaban J connectivity index is 3.84. The fraction of sp³-hybridized carbons (Fsp3) is 0.836. The average molecular weight is 1190 g/mol. The first-order chi connectivity index (χ1) is 40.8. The summed E-state index contributed by atoms with van der Waals surface area (Å²) in [7, 11) is -4.39. The van der Waals surface area contributed by atoms with E-state index in [9.17, 15) is 19.0 Å². The van der Waals surface area contributed by atoms with Crippen LogP contribution in [0.3, 0.4) is 0 Å². The summed E-state index contributed by atoms with van der Waals surface area (Å²) in [6.07, 6.45) is 88.9. The number of allylic oxidation sites excluding steroid dienone is 10. The molecule has 0 rings (SSSR count). The zero-order valence-corrected chi connectivity index (χ0v) is 55.6. The van der Waals surface area contributed by atoms with Gasteiger partial charge in [0.1, 0.15) is 6.61 Å². The first-order valence-electron chi connectivity index (χ1n) is 35.8. The Morgan fingerprint density at radius 1 is 0.361 bits per heavy atom. The van der Waals surface area contributed by atoms with Crippen molar-refractivity contribution in [2.75, 3.05) is 26.4 Å². The van der Waals surface area contributed by atoms with Crippen LogP contribution in [0.15, 0.2) is 60.8 Å². The predicted octanol–water partition coefficient (Wildman–Crippen LogP) is 23.4. The van der Waals surface area contributed by atoms with Gasteiger partial charge in [-0.1, -0.05) is 325 Å². The highest BCUT2D eigenvalue weighted by Gasteiger charge is 2.26. The van der Waals surface area contributed by atoms with Crippen molar-refractivity contribution in [2.24, 2.45) is 5.73 Å². The third-order valence-corrected chi connectivity index (χ3v) is 16.9. The molecule has 0 aromatic rings. The zero-order chi connectivity index (χ0) is 60.1. The van der Waals surface area contributed by atoms with Gasteiger partial charge in [0.25, 0.3) is 0 Å². The molecule has 0 fully saturated rings. The SMILES string of the molecule is CCCCCCC/C=C\C/C=C\C/C=C\CCCCCCCCCCCCCCCCCCCCC(=O)OC(COC(=O)CCCCCCCCCCCCCCCCCCC/C=C\C/C=C\CCCCCCC)COP(=O)(O)OCCN. The molecular formula is C73H136NO8P. The molecule has 0 bridgehead atoms.